The van der Waals surface area contributed by atoms with E-state index >= 15 is 0 Å². The second kappa shape index (κ2) is 6.02. The molecule has 6 heteroatoms. The molecule has 0 aliphatic heterocycles. The Bertz CT molecular complexity index is 514. The van der Waals surface area contributed by atoms with Gasteiger partial charge in [0.1, 0.15) is 11.6 Å². The van der Waals surface area contributed by atoms with Crippen molar-refractivity contribution >= 4 is 34.6 Å². The lowest BCUT2D eigenvalue weighted by Gasteiger charge is -2.13. The predicted molar refractivity (Wildman–Crippen MR) is 77.6 cm³/mol. The van der Waals surface area contributed by atoms with E-state index in [2.05, 4.69) is 27.5 Å². The molecule has 0 fully saturated rings. The van der Waals surface area contributed by atoms with E-state index in [9.17, 15) is 0 Å². The normalized spacial score (nSPS) is 12.2. The van der Waals surface area contributed by atoms with E-state index in [4.69, 9.17) is 11.6 Å². The van der Waals surface area contributed by atoms with Gasteiger partial charge in [0.05, 0.1) is 22.8 Å². The molecule has 0 radical (unpaired) electrons. The number of thiophene rings is 1. The van der Waals surface area contributed by atoms with Crippen LogP contribution in [0.5, 0.6) is 0 Å². The first-order valence-corrected chi connectivity index (χ1v) is 6.96. The molecule has 2 rings (SSSR count). The molecule has 0 amide bonds. The van der Waals surface area contributed by atoms with Crippen molar-refractivity contribution in [3.05, 3.63) is 33.7 Å². The summed E-state index contributed by atoms with van der Waals surface area (Å²) >= 11 is 7.50. The van der Waals surface area contributed by atoms with Crippen LogP contribution in [0.1, 0.15) is 24.8 Å². The van der Waals surface area contributed by atoms with E-state index in [0.29, 0.717) is 0 Å². The first-order valence-electron chi connectivity index (χ1n) is 5.76. The molecular formula is C12H15ClN4S. The molecule has 0 aliphatic carbocycles. The largest absolute Gasteiger partial charge is 0.369 e. The van der Waals surface area contributed by atoms with Gasteiger partial charge in [0.15, 0.2) is 0 Å². The highest BCUT2D eigenvalue weighted by Crippen LogP contribution is 2.28. The van der Waals surface area contributed by atoms with Crippen molar-refractivity contribution in [1.29, 1.82) is 0 Å². The number of hydrogen-bond donors (Lipinski definition) is 2. The zero-order valence-electron chi connectivity index (χ0n) is 10.3. The number of nitrogens with zero attached hydrogens (tertiary/aromatic N) is 2. The van der Waals surface area contributed by atoms with Crippen LogP contribution >= 0.6 is 22.9 Å². The molecule has 0 bridgehead atoms. The van der Waals surface area contributed by atoms with Gasteiger partial charge in [-0.15, -0.1) is 11.3 Å². The Morgan fingerprint density at radius 2 is 2.11 bits per heavy atom. The maximum Gasteiger partial charge on any atom is 0.147 e. The molecule has 2 aromatic heterocycles. The topological polar surface area (TPSA) is 49.8 Å². The minimum absolute atomic E-state index is 0.161. The third kappa shape index (κ3) is 3.34. The number of hydrogen-bond acceptors (Lipinski definition) is 5. The van der Waals surface area contributed by atoms with Crippen molar-refractivity contribution in [3.63, 3.8) is 0 Å². The van der Waals surface area contributed by atoms with E-state index in [1.807, 2.05) is 19.1 Å². The molecule has 1 unspecified atom stereocenters. The van der Waals surface area contributed by atoms with E-state index in [-0.39, 0.29) is 6.04 Å². The average molecular weight is 283 g/mol. The lowest BCUT2D eigenvalue weighted by atomic mass is 10.3. The van der Waals surface area contributed by atoms with Gasteiger partial charge in [-0.25, -0.2) is 4.98 Å². The lowest BCUT2D eigenvalue weighted by molar-refractivity contribution is 0.892. The molecule has 0 aromatic carbocycles. The van der Waals surface area contributed by atoms with Crippen molar-refractivity contribution < 1.29 is 0 Å². The summed E-state index contributed by atoms with van der Waals surface area (Å²) in [5.74, 6) is 1.53. The Balaban J connectivity index is 2.06. The number of nitrogens with one attached hydrogen (secondary N) is 2. The minimum Gasteiger partial charge on any atom is -0.369 e. The van der Waals surface area contributed by atoms with Crippen LogP contribution in [0.3, 0.4) is 0 Å². The van der Waals surface area contributed by atoms with Gasteiger partial charge in [-0.1, -0.05) is 11.6 Å². The average Bonchev–Trinajstić information content (AvgIpc) is 2.77. The smallest absolute Gasteiger partial charge is 0.147 e. The Morgan fingerprint density at radius 1 is 1.33 bits per heavy atom. The molecule has 0 aliphatic rings. The van der Waals surface area contributed by atoms with Gasteiger partial charge >= 0.3 is 0 Å². The molecule has 2 N–H and O–H groups in total. The zero-order valence-corrected chi connectivity index (χ0v) is 11.8. The molecule has 0 saturated heterocycles. The Labute approximate surface area is 115 Å². The fraction of sp³-hybridized carbons (Fsp3) is 0.333. The quantitative estimate of drug-likeness (QED) is 0.876. The molecule has 4 nitrogen and oxygen atoms in total. The number of anilines is 2. The van der Waals surface area contributed by atoms with Crippen LogP contribution in [0.2, 0.25) is 4.34 Å². The molecule has 0 spiro atoms. The number of aromatic nitrogens is 2. The molecule has 96 valence electrons. The standard InChI is InChI=1S/C12H15ClN4S/c1-3-15-11-6-14-7-12(17-11)16-8(2)9-4-5-10(13)18-9/h4-8H,3H2,1-2H3,(H2,15,16,17). The predicted octanol–water partition coefficient (Wildman–Crippen LogP) is 3.80. The maximum atomic E-state index is 5.93. The summed E-state index contributed by atoms with van der Waals surface area (Å²) in [5, 5.41) is 6.44. The third-order valence-corrected chi connectivity index (χ3v) is 3.79. The Morgan fingerprint density at radius 3 is 2.78 bits per heavy atom. The second-order valence-corrected chi connectivity index (χ2v) is 5.57. The van der Waals surface area contributed by atoms with Gasteiger partial charge in [0.25, 0.3) is 0 Å². The highest BCUT2D eigenvalue weighted by atomic mass is 35.5. The van der Waals surface area contributed by atoms with Crippen molar-refractivity contribution in [2.45, 2.75) is 19.9 Å². The molecule has 18 heavy (non-hydrogen) atoms. The van der Waals surface area contributed by atoms with Crippen molar-refractivity contribution in [2.75, 3.05) is 17.2 Å². The third-order valence-electron chi connectivity index (χ3n) is 2.38. The van der Waals surface area contributed by atoms with Crippen LogP contribution in [0.25, 0.3) is 0 Å². The van der Waals surface area contributed by atoms with Crippen molar-refractivity contribution in [1.82, 2.24) is 9.97 Å². The maximum absolute atomic E-state index is 5.93. The summed E-state index contributed by atoms with van der Waals surface area (Å²) < 4.78 is 0.797. The van der Waals surface area contributed by atoms with Gasteiger partial charge in [-0.3, -0.25) is 4.98 Å². The summed E-state index contributed by atoms with van der Waals surface area (Å²) in [6, 6.07) is 4.08. The highest BCUT2D eigenvalue weighted by molar-refractivity contribution is 7.16. The number of rotatable bonds is 5. The summed E-state index contributed by atoms with van der Waals surface area (Å²) in [6.07, 6.45) is 3.42. The van der Waals surface area contributed by atoms with Gasteiger partial charge in [0.2, 0.25) is 0 Å². The van der Waals surface area contributed by atoms with E-state index < -0.39 is 0 Å². The van der Waals surface area contributed by atoms with Crippen molar-refractivity contribution in [2.24, 2.45) is 0 Å². The van der Waals surface area contributed by atoms with Crippen LogP contribution in [0, 0.1) is 0 Å². The second-order valence-electron chi connectivity index (χ2n) is 3.83. The SMILES string of the molecule is CCNc1cncc(NC(C)c2ccc(Cl)s2)n1. The Hall–Kier alpha value is -1.33. The Kier molecular flexibility index (Phi) is 4.38. The summed E-state index contributed by atoms with van der Waals surface area (Å²) in [4.78, 5) is 9.74. The summed E-state index contributed by atoms with van der Waals surface area (Å²) in [6.45, 7) is 4.93. The van der Waals surface area contributed by atoms with Gasteiger partial charge < -0.3 is 10.6 Å². The molecule has 1 atom stereocenters. The monoisotopic (exact) mass is 282 g/mol. The van der Waals surface area contributed by atoms with Crippen molar-refractivity contribution in [3.8, 4) is 0 Å². The van der Waals surface area contributed by atoms with Gasteiger partial charge in [-0.05, 0) is 26.0 Å². The molecular weight excluding hydrogens is 268 g/mol. The van der Waals surface area contributed by atoms with Crippen LogP contribution in [-0.4, -0.2) is 16.5 Å². The van der Waals surface area contributed by atoms with E-state index in [1.165, 1.54) is 4.88 Å². The summed E-state index contributed by atoms with van der Waals surface area (Å²) in [5.41, 5.74) is 0. The van der Waals surface area contributed by atoms with E-state index in [1.54, 1.807) is 23.7 Å². The number of halogens is 1. The minimum atomic E-state index is 0.161. The van der Waals surface area contributed by atoms with Crippen LogP contribution in [-0.2, 0) is 0 Å². The van der Waals surface area contributed by atoms with E-state index in [0.717, 1.165) is 22.5 Å². The summed E-state index contributed by atoms with van der Waals surface area (Å²) in [7, 11) is 0. The zero-order chi connectivity index (χ0) is 13.0. The first kappa shape index (κ1) is 13.1. The van der Waals surface area contributed by atoms with Crippen LogP contribution in [0.4, 0.5) is 11.6 Å². The molecule has 2 aromatic rings. The fourth-order valence-corrected chi connectivity index (χ4v) is 2.62. The first-order chi connectivity index (χ1) is 8.69. The van der Waals surface area contributed by atoms with Crippen LogP contribution < -0.4 is 10.6 Å². The lowest BCUT2D eigenvalue weighted by Crippen LogP contribution is -2.08. The van der Waals surface area contributed by atoms with Gasteiger partial charge in [0, 0.05) is 11.4 Å². The molecule has 0 saturated carbocycles. The highest BCUT2D eigenvalue weighted by Gasteiger charge is 2.09. The molecule has 2 heterocycles. The van der Waals surface area contributed by atoms with Gasteiger partial charge in [-0.2, -0.15) is 0 Å². The van der Waals surface area contributed by atoms with Crippen LogP contribution in [0.15, 0.2) is 24.5 Å². The fourth-order valence-electron chi connectivity index (χ4n) is 1.56.